The molecule has 2 aliphatic rings. The first-order valence-electron chi connectivity index (χ1n) is 9.98. The number of hydrogen-bond acceptors (Lipinski definition) is 10. The van der Waals surface area contributed by atoms with E-state index < -0.39 is 54.8 Å². The number of carbonyl (C=O) groups excluding carboxylic acids is 3. The summed E-state index contributed by atoms with van der Waals surface area (Å²) in [5.74, 6) is -3.00. The molecule has 10 heteroatoms. The van der Waals surface area contributed by atoms with Crippen LogP contribution in [-0.2, 0) is 33.5 Å². The maximum absolute atomic E-state index is 12.5. The van der Waals surface area contributed by atoms with Crippen molar-refractivity contribution < 1.29 is 49.0 Å². The van der Waals surface area contributed by atoms with Gasteiger partial charge in [0.05, 0.1) is 18.1 Å². The van der Waals surface area contributed by atoms with E-state index in [1.807, 2.05) is 0 Å². The zero-order valence-electron chi connectivity index (χ0n) is 17.8. The van der Waals surface area contributed by atoms with Gasteiger partial charge in [0, 0.05) is 18.9 Å². The predicted molar refractivity (Wildman–Crippen MR) is 110 cm³/mol. The van der Waals surface area contributed by atoms with Crippen LogP contribution in [0.2, 0.25) is 0 Å². The van der Waals surface area contributed by atoms with Gasteiger partial charge in [-0.25, -0.2) is 14.5 Å². The quantitative estimate of drug-likeness (QED) is 0.127. The van der Waals surface area contributed by atoms with Crippen LogP contribution in [-0.4, -0.2) is 71.0 Å². The lowest BCUT2D eigenvalue weighted by atomic mass is 9.83. The van der Waals surface area contributed by atoms with Gasteiger partial charge < -0.3 is 24.4 Å². The van der Waals surface area contributed by atoms with Crippen LogP contribution in [0.15, 0.2) is 48.1 Å². The zero-order chi connectivity index (χ0) is 24.0. The Morgan fingerprint density at radius 2 is 2.03 bits per heavy atom. The first kappa shape index (κ1) is 25.5. The van der Waals surface area contributed by atoms with Crippen LogP contribution in [0.4, 0.5) is 0 Å². The Kier molecular flexibility index (Phi) is 8.90. The van der Waals surface area contributed by atoms with Crippen LogP contribution in [0.3, 0.4) is 0 Å². The number of hydrogen-bond donors (Lipinski definition) is 3. The molecule has 0 radical (unpaired) electrons. The van der Waals surface area contributed by atoms with Crippen LogP contribution in [0.25, 0.3) is 0 Å². The Hall–Kier alpha value is -2.79. The Balaban J connectivity index is 2.43. The molecule has 1 saturated heterocycles. The van der Waals surface area contributed by atoms with E-state index in [-0.39, 0.29) is 30.6 Å². The molecule has 0 bridgehead atoms. The predicted octanol–water partition coefficient (Wildman–Crippen LogP) is 0.993. The second-order valence-electron chi connectivity index (χ2n) is 7.69. The molecule has 0 spiro atoms. The number of aliphatic hydroxyl groups is 2. The highest BCUT2D eigenvalue weighted by Gasteiger charge is 2.45. The van der Waals surface area contributed by atoms with Crippen molar-refractivity contribution >= 4 is 17.9 Å². The molecule has 0 saturated carbocycles. The Morgan fingerprint density at radius 3 is 2.62 bits per heavy atom. The number of aliphatic hydroxyl groups excluding tert-OH is 2. The van der Waals surface area contributed by atoms with Crippen molar-refractivity contribution in [3.63, 3.8) is 0 Å². The Labute approximate surface area is 185 Å². The maximum Gasteiger partial charge on any atom is 0.336 e. The minimum Gasteiger partial charge on any atom is -0.461 e. The van der Waals surface area contributed by atoms with Gasteiger partial charge in [-0.2, -0.15) is 0 Å². The summed E-state index contributed by atoms with van der Waals surface area (Å²) in [5, 5.41) is 28.1. The van der Waals surface area contributed by atoms with E-state index in [4.69, 9.17) is 19.3 Å². The molecule has 32 heavy (non-hydrogen) atoms. The van der Waals surface area contributed by atoms with Crippen molar-refractivity contribution in [3.8, 4) is 0 Å². The smallest absolute Gasteiger partial charge is 0.336 e. The number of esters is 3. The fourth-order valence-electron chi connectivity index (χ4n) is 3.55. The van der Waals surface area contributed by atoms with Gasteiger partial charge in [0.25, 0.3) is 0 Å². The average Bonchev–Trinajstić information content (AvgIpc) is 3.02. The molecule has 10 nitrogen and oxygen atoms in total. The third kappa shape index (κ3) is 6.13. The minimum atomic E-state index is -1.52. The van der Waals surface area contributed by atoms with Gasteiger partial charge >= 0.3 is 17.9 Å². The van der Waals surface area contributed by atoms with Crippen LogP contribution in [0, 0.1) is 5.92 Å². The number of ether oxygens (including phenoxy) is 3. The first-order chi connectivity index (χ1) is 15.1. The molecule has 176 valence electrons. The highest BCUT2D eigenvalue weighted by Crippen LogP contribution is 2.37. The van der Waals surface area contributed by atoms with Crippen LogP contribution < -0.4 is 0 Å². The monoisotopic (exact) mass is 452 g/mol. The van der Waals surface area contributed by atoms with Gasteiger partial charge in [-0.3, -0.25) is 10.1 Å². The van der Waals surface area contributed by atoms with Crippen LogP contribution in [0.1, 0.15) is 26.2 Å². The molecule has 0 aromatic heterocycles. The van der Waals surface area contributed by atoms with Crippen molar-refractivity contribution in [2.45, 2.75) is 50.6 Å². The summed E-state index contributed by atoms with van der Waals surface area (Å²) < 4.78 is 16.0. The van der Waals surface area contributed by atoms with Crippen molar-refractivity contribution in [2.75, 3.05) is 13.2 Å². The summed E-state index contributed by atoms with van der Waals surface area (Å²) in [5.41, 5.74) is 0.653. The van der Waals surface area contributed by atoms with E-state index in [9.17, 15) is 24.7 Å². The van der Waals surface area contributed by atoms with Crippen molar-refractivity contribution in [1.82, 2.24) is 0 Å². The average molecular weight is 452 g/mol. The first-order valence-corrected chi connectivity index (χ1v) is 9.98. The standard InChI is InChI=1S/C22H28O10/c1-11-7-18(30-21(26)12(2)16(25)9-23)20-13(3)22(27)31-19(20)8-15(10-29-14(4)24)5-6-17(11)32-28/h8,16-20,23,25,28H,1-3,5-7,9-10H2,4H3. The van der Waals surface area contributed by atoms with Crippen molar-refractivity contribution in [2.24, 2.45) is 5.92 Å². The SMILES string of the molecule is C=C(C(=O)OC1CC(=C)C(OO)CCC(COC(C)=O)=CC2OC(=O)C(=C)C21)C(O)CO. The lowest BCUT2D eigenvalue weighted by Gasteiger charge is -2.30. The molecule has 0 amide bonds. The largest absolute Gasteiger partial charge is 0.461 e. The molecule has 0 aromatic carbocycles. The molecule has 5 unspecified atom stereocenters. The third-order valence-electron chi connectivity index (χ3n) is 5.39. The summed E-state index contributed by atoms with van der Waals surface area (Å²) in [6.45, 7) is 11.6. The maximum atomic E-state index is 12.5. The number of fused-ring (bicyclic) bond motifs is 1. The van der Waals surface area contributed by atoms with Gasteiger partial charge in [0.1, 0.15) is 31.0 Å². The summed E-state index contributed by atoms with van der Waals surface area (Å²) in [7, 11) is 0. The molecular formula is C22H28O10. The molecule has 1 heterocycles. The van der Waals surface area contributed by atoms with Gasteiger partial charge in [-0.05, 0) is 30.1 Å². The molecule has 1 aliphatic heterocycles. The van der Waals surface area contributed by atoms with Gasteiger partial charge in [-0.15, -0.1) is 0 Å². The molecule has 1 fully saturated rings. The Bertz CT molecular complexity index is 827. The topological polar surface area (TPSA) is 149 Å². The summed E-state index contributed by atoms with van der Waals surface area (Å²) in [4.78, 5) is 40.6. The van der Waals surface area contributed by atoms with Crippen molar-refractivity contribution in [3.05, 3.63) is 48.1 Å². The third-order valence-corrected chi connectivity index (χ3v) is 5.39. The fourth-order valence-corrected chi connectivity index (χ4v) is 3.55. The second kappa shape index (κ2) is 11.2. The number of carbonyl (C=O) groups is 3. The molecular weight excluding hydrogens is 424 g/mol. The summed E-state index contributed by atoms with van der Waals surface area (Å²) >= 11 is 0. The fraction of sp³-hybridized carbons (Fsp3) is 0.500. The second-order valence-corrected chi connectivity index (χ2v) is 7.69. The highest BCUT2D eigenvalue weighted by atomic mass is 17.1. The minimum absolute atomic E-state index is 0.0105. The summed E-state index contributed by atoms with van der Waals surface area (Å²) in [6.07, 6.45) is -2.05. The highest BCUT2D eigenvalue weighted by molar-refractivity contribution is 5.92. The van der Waals surface area contributed by atoms with Gasteiger partial charge in [0.2, 0.25) is 0 Å². The summed E-state index contributed by atoms with van der Waals surface area (Å²) in [6, 6.07) is 0. The van der Waals surface area contributed by atoms with E-state index in [1.165, 1.54) is 6.92 Å². The number of rotatable bonds is 7. The molecule has 5 atom stereocenters. The molecule has 1 aliphatic carbocycles. The van der Waals surface area contributed by atoms with Crippen LogP contribution >= 0.6 is 0 Å². The van der Waals surface area contributed by atoms with E-state index in [1.54, 1.807) is 6.08 Å². The van der Waals surface area contributed by atoms with E-state index in [0.29, 0.717) is 17.6 Å². The lowest BCUT2D eigenvalue weighted by molar-refractivity contribution is -0.270. The van der Waals surface area contributed by atoms with Gasteiger partial charge in [-0.1, -0.05) is 19.7 Å². The molecule has 0 aromatic rings. The lowest BCUT2D eigenvalue weighted by Crippen LogP contribution is -2.36. The van der Waals surface area contributed by atoms with Crippen LogP contribution in [0.5, 0.6) is 0 Å². The van der Waals surface area contributed by atoms with E-state index in [2.05, 4.69) is 24.6 Å². The van der Waals surface area contributed by atoms with Crippen molar-refractivity contribution in [1.29, 1.82) is 0 Å². The molecule has 2 rings (SSSR count). The Morgan fingerprint density at radius 1 is 1.34 bits per heavy atom. The van der Waals surface area contributed by atoms with Gasteiger partial charge in [0.15, 0.2) is 0 Å². The van der Waals surface area contributed by atoms with E-state index >= 15 is 0 Å². The normalized spacial score (nSPS) is 27.0. The van der Waals surface area contributed by atoms with E-state index in [0.717, 1.165) is 0 Å². The molecule has 3 N–H and O–H groups in total. The zero-order valence-corrected chi connectivity index (χ0v) is 17.8.